The van der Waals surface area contributed by atoms with E-state index in [2.05, 4.69) is 38.0 Å². The Morgan fingerprint density at radius 2 is 1.93 bits per heavy atom. The summed E-state index contributed by atoms with van der Waals surface area (Å²) in [7, 11) is 0. The minimum Gasteiger partial charge on any atom is -0.478 e. The second kappa shape index (κ2) is 10.0. The molecule has 0 aliphatic rings. The first-order valence-corrected chi connectivity index (χ1v) is 9.95. The molecule has 5 heteroatoms. The topological polar surface area (TPSA) is 79.0 Å². The smallest absolute Gasteiger partial charge is 0.327 e. The maximum Gasteiger partial charge on any atom is 0.327 e. The van der Waals surface area contributed by atoms with Crippen molar-refractivity contribution in [1.82, 2.24) is 9.78 Å². The van der Waals surface area contributed by atoms with Crippen molar-refractivity contribution in [3.8, 4) is 0 Å². The largest absolute Gasteiger partial charge is 0.478 e. The molecule has 0 amide bonds. The Morgan fingerprint density at radius 1 is 1.25 bits per heavy atom. The first-order chi connectivity index (χ1) is 13.4. The Hall–Kier alpha value is -2.69. The summed E-state index contributed by atoms with van der Waals surface area (Å²) in [6.45, 7) is 9.24. The molecule has 150 valence electrons. The van der Waals surface area contributed by atoms with Gasteiger partial charge in [-0.3, -0.25) is 4.68 Å². The molecule has 2 aromatic rings. The Bertz CT molecular complexity index is 847. The predicted molar refractivity (Wildman–Crippen MR) is 113 cm³/mol. The lowest BCUT2D eigenvalue weighted by molar-refractivity contribution is -0.131. The van der Waals surface area contributed by atoms with E-state index >= 15 is 0 Å². The van der Waals surface area contributed by atoms with E-state index in [1.54, 1.807) is 6.08 Å². The van der Waals surface area contributed by atoms with Crippen molar-refractivity contribution < 1.29 is 9.90 Å². The zero-order valence-corrected chi connectivity index (χ0v) is 17.3. The van der Waals surface area contributed by atoms with Crippen molar-refractivity contribution in [1.29, 1.82) is 5.41 Å². The van der Waals surface area contributed by atoms with Crippen molar-refractivity contribution in [3.05, 3.63) is 64.5 Å². The summed E-state index contributed by atoms with van der Waals surface area (Å²) >= 11 is 0. The van der Waals surface area contributed by atoms with Crippen LogP contribution in [0, 0.1) is 19.3 Å². The average molecular weight is 382 g/mol. The molecule has 1 aromatic heterocycles. The highest BCUT2D eigenvalue weighted by Gasteiger charge is 2.17. The molecular weight excluding hydrogens is 350 g/mol. The van der Waals surface area contributed by atoms with Gasteiger partial charge in [0, 0.05) is 29.9 Å². The van der Waals surface area contributed by atoms with Gasteiger partial charge in [-0.1, -0.05) is 37.3 Å². The van der Waals surface area contributed by atoms with Crippen LogP contribution in [0.2, 0.25) is 0 Å². The maximum atomic E-state index is 10.6. The number of rotatable bonds is 10. The van der Waals surface area contributed by atoms with Crippen LogP contribution in [0.1, 0.15) is 60.7 Å². The van der Waals surface area contributed by atoms with Gasteiger partial charge in [0.2, 0.25) is 0 Å². The normalized spacial score (nSPS) is 12.4. The summed E-state index contributed by atoms with van der Waals surface area (Å²) in [5, 5.41) is 21.9. The molecule has 0 aliphatic carbocycles. The molecule has 2 rings (SSSR count). The van der Waals surface area contributed by atoms with Crippen molar-refractivity contribution in [3.63, 3.8) is 0 Å². The van der Waals surface area contributed by atoms with Gasteiger partial charge in [-0.05, 0) is 63.1 Å². The van der Waals surface area contributed by atoms with Crippen LogP contribution in [0.3, 0.4) is 0 Å². The Kier molecular flexibility index (Phi) is 7.73. The first-order valence-electron chi connectivity index (χ1n) is 9.95. The van der Waals surface area contributed by atoms with Crippen LogP contribution in [0.5, 0.6) is 0 Å². The number of aryl methyl sites for hydroxylation is 2. The van der Waals surface area contributed by atoms with Gasteiger partial charge < -0.3 is 10.5 Å². The molecule has 1 atom stereocenters. The average Bonchev–Trinajstić information content (AvgIpc) is 2.94. The summed E-state index contributed by atoms with van der Waals surface area (Å²) in [4.78, 5) is 10.6. The minimum absolute atomic E-state index is 0.116. The van der Waals surface area contributed by atoms with Crippen molar-refractivity contribution in [2.75, 3.05) is 0 Å². The van der Waals surface area contributed by atoms with E-state index in [1.807, 2.05) is 23.7 Å². The van der Waals surface area contributed by atoms with Gasteiger partial charge in [0.05, 0.1) is 5.69 Å². The van der Waals surface area contributed by atoms with Crippen LogP contribution < -0.4 is 0 Å². The van der Waals surface area contributed by atoms with Gasteiger partial charge in [-0.25, -0.2) is 4.79 Å². The zero-order chi connectivity index (χ0) is 20.7. The van der Waals surface area contributed by atoms with Crippen molar-refractivity contribution >= 4 is 11.7 Å². The molecule has 0 spiro atoms. The highest BCUT2D eigenvalue weighted by molar-refractivity contribution is 5.88. The van der Waals surface area contributed by atoms with Crippen molar-refractivity contribution in [2.45, 2.75) is 65.8 Å². The van der Waals surface area contributed by atoms with E-state index in [1.165, 1.54) is 17.3 Å². The number of allylic oxidation sites excluding steroid dienone is 1. The quantitative estimate of drug-likeness (QED) is 0.456. The molecule has 0 aliphatic heterocycles. The monoisotopic (exact) mass is 381 g/mol. The molecule has 0 unspecified atom stereocenters. The van der Waals surface area contributed by atoms with Crippen LogP contribution >= 0.6 is 0 Å². The number of nitrogens with one attached hydrogen (secondary N) is 1. The summed E-state index contributed by atoms with van der Waals surface area (Å²) in [5.41, 5.74) is 6.52. The number of nitrogens with zero attached hydrogens (tertiary/aromatic N) is 2. The highest BCUT2D eigenvalue weighted by atomic mass is 16.4. The molecule has 0 bridgehead atoms. The number of carbonyl (C=O) groups is 1. The standard InChI is InChI=1S/C23H31N3O2/c1-5-20(19-12-10-18(11-13-19)8-7-9-23(27)28)22(24)15-14-21-16(3)25-26(6-2)17(21)4/h7,9-13,20,24H,5-6,8,14-15H2,1-4H3,(H,27,28)/b9-7+,24-22?/t20-/m0/s1. The molecule has 1 aromatic carbocycles. The lowest BCUT2D eigenvalue weighted by Crippen LogP contribution is -2.12. The van der Waals surface area contributed by atoms with Gasteiger partial charge in [0.25, 0.3) is 0 Å². The Labute approximate surface area is 167 Å². The fraction of sp³-hybridized carbons (Fsp3) is 0.435. The molecule has 5 nitrogen and oxygen atoms in total. The number of carboxylic acids is 1. The highest BCUT2D eigenvalue weighted by Crippen LogP contribution is 2.25. The number of benzene rings is 1. The van der Waals surface area contributed by atoms with Gasteiger partial charge >= 0.3 is 5.97 Å². The molecule has 0 radical (unpaired) electrons. The summed E-state index contributed by atoms with van der Waals surface area (Å²) < 4.78 is 2.03. The minimum atomic E-state index is -0.925. The zero-order valence-electron chi connectivity index (χ0n) is 17.3. The molecular formula is C23H31N3O2. The van der Waals surface area contributed by atoms with Gasteiger partial charge in [-0.2, -0.15) is 5.10 Å². The van der Waals surface area contributed by atoms with Gasteiger partial charge in [0.15, 0.2) is 0 Å². The number of carboxylic acid groups (broad SMARTS) is 1. The lowest BCUT2D eigenvalue weighted by atomic mass is 9.88. The third-order valence-electron chi connectivity index (χ3n) is 5.30. The van der Waals surface area contributed by atoms with E-state index in [-0.39, 0.29) is 5.92 Å². The second-order valence-corrected chi connectivity index (χ2v) is 7.14. The Balaban J connectivity index is 2.03. The number of aromatic nitrogens is 2. The summed E-state index contributed by atoms with van der Waals surface area (Å²) in [6, 6.07) is 8.19. The first kappa shape index (κ1) is 21.6. The van der Waals surface area contributed by atoms with E-state index in [4.69, 9.17) is 10.5 Å². The molecule has 0 saturated heterocycles. The second-order valence-electron chi connectivity index (χ2n) is 7.14. The SMILES string of the molecule is CC[C@H](C(=N)CCc1c(C)nn(CC)c1C)c1ccc(C/C=C/C(=O)O)cc1. The summed E-state index contributed by atoms with van der Waals surface area (Å²) in [5.74, 6) is -0.809. The van der Waals surface area contributed by atoms with Crippen LogP contribution in [-0.4, -0.2) is 26.6 Å². The van der Waals surface area contributed by atoms with Crippen LogP contribution in [0.25, 0.3) is 0 Å². The van der Waals surface area contributed by atoms with Crippen LogP contribution in [-0.2, 0) is 24.2 Å². The fourth-order valence-electron chi connectivity index (χ4n) is 3.70. The lowest BCUT2D eigenvalue weighted by Gasteiger charge is -2.17. The van der Waals surface area contributed by atoms with Crippen LogP contribution in [0.4, 0.5) is 0 Å². The molecule has 28 heavy (non-hydrogen) atoms. The van der Waals surface area contributed by atoms with E-state index in [0.29, 0.717) is 6.42 Å². The number of hydrogen-bond acceptors (Lipinski definition) is 3. The fourth-order valence-corrected chi connectivity index (χ4v) is 3.70. The van der Waals surface area contributed by atoms with Gasteiger partial charge in [0.1, 0.15) is 0 Å². The van der Waals surface area contributed by atoms with Crippen LogP contribution in [0.15, 0.2) is 36.4 Å². The summed E-state index contributed by atoms with van der Waals surface area (Å²) in [6.07, 6.45) is 5.90. The van der Waals surface area contributed by atoms with E-state index in [0.717, 1.165) is 48.3 Å². The Morgan fingerprint density at radius 3 is 2.46 bits per heavy atom. The molecule has 2 N–H and O–H groups in total. The maximum absolute atomic E-state index is 10.6. The number of aliphatic carboxylic acids is 1. The van der Waals surface area contributed by atoms with E-state index in [9.17, 15) is 4.79 Å². The van der Waals surface area contributed by atoms with Gasteiger partial charge in [-0.15, -0.1) is 0 Å². The molecule has 0 saturated carbocycles. The number of hydrogen-bond donors (Lipinski definition) is 2. The van der Waals surface area contributed by atoms with E-state index < -0.39 is 5.97 Å². The molecule has 1 heterocycles. The van der Waals surface area contributed by atoms with Crippen molar-refractivity contribution in [2.24, 2.45) is 0 Å². The predicted octanol–water partition coefficient (Wildman–Crippen LogP) is 4.85. The molecule has 0 fully saturated rings. The third kappa shape index (κ3) is 5.41. The third-order valence-corrected chi connectivity index (χ3v) is 5.30.